The molecule has 0 N–H and O–H groups in total. The Bertz CT molecular complexity index is 629. The van der Waals surface area contributed by atoms with Crippen LogP contribution >= 0.6 is 24.0 Å². The molecule has 0 radical (unpaired) electrons. The lowest BCUT2D eigenvalue weighted by atomic mass is 10.2. The summed E-state index contributed by atoms with van der Waals surface area (Å²) < 4.78 is 2.11. The van der Waals surface area contributed by atoms with Gasteiger partial charge in [-0.25, -0.2) is 0 Å². The molecular weight excluding hydrogens is 234 g/mol. The van der Waals surface area contributed by atoms with Crippen molar-refractivity contribution < 1.29 is 4.40 Å². The molecule has 3 rings (SSSR count). The summed E-state index contributed by atoms with van der Waals surface area (Å²) in [7, 11) is 0. The number of hydrogen-bond donors (Lipinski definition) is 1. The fraction of sp³-hybridized carbons (Fsp3) is 0. The van der Waals surface area contributed by atoms with E-state index < -0.39 is 0 Å². The molecule has 0 fully saturated rings. The van der Waals surface area contributed by atoms with Gasteiger partial charge in [0, 0.05) is 12.1 Å². The fourth-order valence-corrected chi connectivity index (χ4v) is 3.28. The first-order valence-corrected chi connectivity index (χ1v) is 6.30. The van der Waals surface area contributed by atoms with E-state index in [0.717, 1.165) is 5.03 Å². The molecule has 0 amide bonds. The van der Waals surface area contributed by atoms with Crippen LogP contribution in [0.4, 0.5) is 0 Å². The van der Waals surface area contributed by atoms with Crippen molar-refractivity contribution >= 4 is 28.8 Å². The molecule has 0 aliphatic rings. The van der Waals surface area contributed by atoms with E-state index in [1.54, 1.807) is 11.3 Å². The maximum absolute atomic E-state index is 4.60. The molecular formula is C13H10NS2+. The van der Waals surface area contributed by atoms with Gasteiger partial charge in [-0.2, -0.15) is 0 Å². The molecule has 3 heteroatoms. The Kier molecular flexibility index (Phi) is 2.42. The second-order valence-corrected chi connectivity index (χ2v) is 4.98. The Morgan fingerprint density at radius 2 is 1.69 bits per heavy atom. The van der Waals surface area contributed by atoms with Gasteiger partial charge in [-0.05, 0) is 11.6 Å². The van der Waals surface area contributed by atoms with Gasteiger partial charge in [0.25, 0.3) is 9.86 Å². The molecule has 0 aliphatic carbocycles. The Labute approximate surface area is 103 Å². The number of fused-ring (bicyclic) bond motifs is 1. The minimum atomic E-state index is 1.01. The summed E-state index contributed by atoms with van der Waals surface area (Å²) in [6.45, 7) is 0. The molecule has 0 saturated heterocycles. The quantitative estimate of drug-likeness (QED) is 0.494. The number of hydrogen-bond acceptors (Lipinski definition) is 2. The van der Waals surface area contributed by atoms with E-state index >= 15 is 0 Å². The molecule has 1 nitrogen and oxygen atoms in total. The Balaban J connectivity index is 2.29. The van der Waals surface area contributed by atoms with Crippen molar-refractivity contribution in [1.29, 1.82) is 0 Å². The van der Waals surface area contributed by atoms with Crippen LogP contribution in [-0.4, -0.2) is 0 Å². The second-order valence-electron chi connectivity index (χ2n) is 3.53. The van der Waals surface area contributed by atoms with Crippen molar-refractivity contribution in [3.05, 3.63) is 54.7 Å². The predicted octanol–water partition coefficient (Wildman–Crippen LogP) is 3.44. The van der Waals surface area contributed by atoms with Crippen LogP contribution in [0.15, 0.2) is 59.8 Å². The third-order valence-corrected chi connectivity index (χ3v) is 4.26. The minimum Gasteiger partial charge on any atom is -0.144 e. The van der Waals surface area contributed by atoms with Crippen LogP contribution in [-0.2, 0) is 0 Å². The van der Waals surface area contributed by atoms with Crippen LogP contribution < -0.4 is 4.40 Å². The number of thiazole rings is 1. The summed E-state index contributed by atoms with van der Waals surface area (Å²) in [6, 6.07) is 16.5. The van der Waals surface area contributed by atoms with E-state index in [-0.39, 0.29) is 0 Å². The Morgan fingerprint density at radius 3 is 2.44 bits per heavy atom. The van der Waals surface area contributed by atoms with Gasteiger partial charge in [0.1, 0.15) is 4.88 Å². The van der Waals surface area contributed by atoms with Gasteiger partial charge in [0.2, 0.25) is 0 Å². The minimum absolute atomic E-state index is 1.01. The Hall–Kier alpha value is -1.32. The van der Waals surface area contributed by atoms with E-state index in [9.17, 15) is 0 Å². The first kappa shape index (κ1) is 9.87. The van der Waals surface area contributed by atoms with Crippen molar-refractivity contribution in [2.45, 2.75) is 5.03 Å². The number of thiol groups is 1. The highest BCUT2D eigenvalue weighted by Gasteiger charge is 2.17. The number of benzene rings is 1. The van der Waals surface area contributed by atoms with Crippen LogP contribution in [0.25, 0.3) is 15.3 Å². The zero-order valence-corrected chi connectivity index (χ0v) is 10.2. The summed E-state index contributed by atoms with van der Waals surface area (Å²) in [5, 5.41) is 1.01. The summed E-state index contributed by atoms with van der Waals surface area (Å²) in [5.41, 5.74) is 1.22. The van der Waals surface area contributed by atoms with E-state index in [4.69, 9.17) is 0 Å². The van der Waals surface area contributed by atoms with Crippen molar-refractivity contribution in [2.75, 3.05) is 0 Å². The lowest BCUT2D eigenvalue weighted by Crippen LogP contribution is -2.18. The summed E-state index contributed by atoms with van der Waals surface area (Å²) >= 11 is 6.36. The van der Waals surface area contributed by atoms with Gasteiger partial charge in [0.15, 0.2) is 6.20 Å². The maximum Gasteiger partial charge on any atom is 0.268 e. The topological polar surface area (TPSA) is 4.10 Å². The molecule has 3 aromatic rings. The normalized spacial score (nSPS) is 10.8. The average Bonchev–Trinajstić information content (AvgIpc) is 2.69. The molecule has 0 bridgehead atoms. The maximum atomic E-state index is 4.60. The van der Waals surface area contributed by atoms with Gasteiger partial charge in [-0.3, -0.25) is 0 Å². The molecule has 0 atom stereocenters. The van der Waals surface area contributed by atoms with Crippen LogP contribution in [0.3, 0.4) is 0 Å². The predicted molar refractivity (Wildman–Crippen MR) is 70.2 cm³/mol. The van der Waals surface area contributed by atoms with E-state index in [0.29, 0.717) is 0 Å². The number of aromatic nitrogens is 1. The molecule has 0 spiro atoms. The van der Waals surface area contributed by atoms with Gasteiger partial charge >= 0.3 is 0 Å². The number of pyridine rings is 1. The lowest BCUT2D eigenvalue weighted by molar-refractivity contribution is -0.549. The summed E-state index contributed by atoms with van der Waals surface area (Å²) in [4.78, 5) is 2.43. The van der Waals surface area contributed by atoms with E-state index in [1.807, 2.05) is 24.4 Å². The van der Waals surface area contributed by atoms with Gasteiger partial charge in [0.05, 0.1) is 0 Å². The highest BCUT2D eigenvalue weighted by molar-refractivity contribution is 7.80. The molecule has 0 unspecified atom stereocenters. The van der Waals surface area contributed by atoms with Crippen LogP contribution in [0.5, 0.6) is 0 Å². The zero-order valence-electron chi connectivity index (χ0n) is 8.50. The van der Waals surface area contributed by atoms with Crippen LogP contribution in [0.2, 0.25) is 0 Å². The van der Waals surface area contributed by atoms with E-state index in [2.05, 4.69) is 47.4 Å². The average molecular weight is 244 g/mol. The third kappa shape index (κ3) is 1.52. The van der Waals surface area contributed by atoms with E-state index in [1.165, 1.54) is 15.3 Å². The zero-order chi connectivity index (χ0) is 11.0. The standard InChI is InChI=1S/C13H9NS2/c15-13-12(10-6-2-1-3-7-10)16-11-8-4-5-9-14(11)13/h1-9H/p+1. The molecule has 0 saturated carbocycles. The smallest absolute Gasteiger partial charge is 0.144 e. The monoisotopic (exact) mass is 244 g/mol. The van der Waals surface area contributed by atoms with Crippen molar-refractivity contribution in [2.24, 2.45) is 0 Å². The van der Waals surface area contributed by atoms with Crippen molar-refractivity contribution in [3.63, 3.8) is 0 Å². The molecule has 2 heterocycles. The van der Waals surface area contributed by atoms with Crippen LogP contribution in [0.1, 0.15) is 0 Å². The largest absolute Gasteiger partial charge is 0.268 e. The molecule has 1 aromatic carbocycles. The van der Waals surface area contributed by atoms with Crippen molar-refractivity contribution in [1.82, 2.24) is 0 Å². The molecule has 16 heavy (non-hydrogen) atoms. The number of rotatable bonds is 1. The summed E-state index contributed by atoms with van der Waals surface area (Å²) in [5.74, 6) is 0. The number of nitrogens with zero attached hydrogens (tertiary/aromatic N) is 1. The van der Waals surface area contributed by atoms with Gasteiger partial charge in [-0.15, -0.1) is 4.40 Å². The van der Waals surface area contributed by atoms with Gasteiger partial charge in [-0.1, -0.05) is 54.3 Å². The highest BCUT2D eigenvalue weighted by atomic mass is 32.1. The fourth-order valence-electron chi connectivity index (χ4n) is 1.72. The highest BCUT2D eigenvalue weighted by Crippen LogP contribution is 2.31. The molecule has 0 aliphatic heterocycles. The molecule has 2 aromatic heterocycles. The molecule has 78 valence electrons. The third-order valence-electron chi connectivity index (χ3n) is 2.50. The first-order valence-electron chi connectivity index (χ1n) is 5.04. The SMILES string of the molecule is Sc1c(-c2ccccc2)sc2cccc[n+]12. The lowest BCUT2D eigenvalue weighted by Gasteiger charge is -1.93. The Morgan fingerprint density at radius 1 is 0.938 bits per heavy atom. The first-order chi connectivity index (χ1) is 7.86. The van der Waals surface area contributed by atoms with Crippen LogP contribution in [0, 0.1) is 0 Å². The van der Waals surface area contributed by atoms with Crippen molar-refractivity contribution in [3.8, 4) is 10.4 Å². The second kappa shape index (κ2) is 3.92. The van der Waals surface area contributed by atoms with Gasteiger partial charge < -0.3 is 0 Å². The summed E-state index contributed by atoms with van der Waals surface area (Å²) in [6.07, 6.45) is 2.04.